The summed E-state index contributed by atoms with van der Waals surface area (Å²) < 4.78 is 11.0. The predicted octanol–water partition coefficient (Wildman–Crippen LogP) is 4.72. The summed E-state index contributed by atoms with van der Waals surface area (Å²) in [6.45, 7) is 2.41. The third-order valence-electron chi connectivity index (χ3n) is 5.19. The first-order valence-corrected chi connectivity index (χ1v) is 9.83. The maximum atomic E-state index is 13.3. The molecule has 150 valence electrons. The quantitative estimate of drug-likeness (QED) is 0.588. The number of rotatable bonds is 6. The van der Waals surface area contributed by atoms with Gasteiger partial charge in [-0.1, -0.05) is 23.7 Å². The molecule has 4 rings (SSSR count). The summed E-state index contributed by atoms with van der Waals surface area (Å²) in [5.74, 6) is 1.43. The van der Waals surface area contributed by atoms with Crippen LogP contribution in [-0.4, -0.2) is 34.6 Å². The van der Waals surface area contributed by atoms with Crippen molar-refractivity contribution in [1.29, 1.82) is 0 Å². The van der Waals surface area contributed by atoms with E-state index in [2.05, 4.69) is 5.10 Å². The molecule has 0 unspecified atom stereocenters. The van der Waals surface area contributed by atoms with Gasteiger partial charge in [-0.3, -0.25) is 9.69 Å². The van der Waals surface area contributed by atoms with Crippen molar-refractivity contribution in [3.63, 3.8) is 0 Å². The molecule has 0 bridgehead atoms. The topological polar surface area (TPSA) is 62.2 Å². The van der Waals surface area contributed by atoms with E-state index in [1.54, 1.807) is 17.5 Å². The van der Waals surface area contributed by atoms with E-state index in [4.69, 9.17) is 20.4 Å². The molecule has 1 amide bonds. The van der Waals surface area contributed by atoms with Crippen LogP contribution in [0.15, 0.2) is 75.0 Å². The van der Waals surface area contributed by atoms with Crippen LogP contribution in [-0.2, 0) is 11.3 Å². The number of hydrogen-bond acceptors (Lipinski definition) is 5. The lowest BCUT2D eigenvalue weighted by molar-refractivity contribution is -0.138. The molecule has 2 atom stereocenters. The van der Waals surface area contributed by atoms with Crippen LogP contribution in [0.1, 0.15) is 36.5 Å². The Hall–Kier alpha value is -2.83. The van der Waals surface area contributed by atoms with E-state index in [0.717, 1.165) is 17.0 Å². The van der Waals surface area contributed by atoms with Gasteiger partial charge in [-0.25, -0.2) is 5.01 Å². The van der Waals surface area contributed by atoms with Crippen molar-refractivity contribution in [3.05, 3.63) is 83.2 Å². The van der Waals surface area contributed by atoms with E-state index >= 15 is 0 Å². The standard InChI is InChI=1S/C22H22ClN3O3/c1-15(25(2)14-18-5-3-11-28-18)22(27)26-20(21-6-4-12-29-21)13-19(24-26)16-7-9-17(23)10-8-16/h3-12,15,20H,13-14H2,1-2H3/t15-,20+/m0/s1. The van der Waals surface area contributed by atoms with Crippen LogP contribution in [0.2, 0.25) is 5.02 Å². The molecule has 1 aliphatic heterocycles. The van der Waals surface area contributed by atoms with Crippen molar-refractivity contribution in [2.75, 3.05) is 7.05 Å². The number of benzene rings is 1. The van der Waals surface area contributed by atoms with Crippen molar-refractivity contribution < 1.29 is 13.6 Å². The maximum absolute atomic E-state index is 13.3. The van der Waals surface area contributed by atoms with E-state index in [9.17, 15) is 4.79 Å². The maximum Gasteiger partial charge on any atom is 0.260 e. The zero-order chi connectivity index (χ0) is 20.4. The first-order valence-electron chi connectivity index (χ1n) is 9.45. The molecule has 0 N–H and O–H groups in total. The number of hydrazone groups is 1. The highest BCUT2D eigenvalue weighted by molar-refractivity contribution is 6.30. The Labute approximate surface area is 174 Å². The van der Waals surface area contributed by atoms with Gasteiger partial charge in [0.25, 0.3) is 5.91 Å². The molecule has 1 aromatic carbocycles. The minimum Gasteiger partial charge on any atom is -0.468 e. The normalized spacial score (nSPS) is 17.6. The van der Waals surface area contributed by atoms with E-state index in [1.165, 1.54) is 0 Å². The third-order valence-corrected chi connectivity index (χ3v) is 5.44. The minimum absolute atomic E-state index is 0.0931. The lowest BCUT2D eigenvalue weighted by Gasteiger charge is -2.28. The highest BCUT2D eigenvalue weighted by Gasteiger charge is 2.37. The Morgan fingerprint density at radius 1 is 1.21 bits per heavy atom. The fourth-order valence-electron chi connectivity index (χ4n) is 3.40. The first kappa shape index (κ1) is 19.5. The molecule has 0 saturated carbocycles. The van der Waals surface area contributed by atoms with Crippen molar-refractivity contribution in [2.24, 2.45) is 5.10 Å². The zero-order valence-electron chi connectivity index (χ0n) is 16.3. The lowest BCUT2D eigenvalue weighted by Crippen LogP contribution is -2.43. The van der Waals surface area contributed by atoms with Gasteiger partial charge in [0.2, 0.25) is 0 Å². The smallest absolute Gasteiger partial charge is 0.260 e. The number of carbonyl (C=O) groups excluding carboxylic acids is 1. The van der Waals surface area contributed by atoms with Crippen LogP contribution in [0.4, 0.5) is 0 Å². The molecule has 7 heteroatoms. The summed E-state index contributed by atoms with van der Waals surface area (Å²) in [6, 6.07) is 14.3. The molecule has 29 heavy (non-hydrogen) atoms. The molecular formula is C22H22ClN3O3. The molecule has 3 aromatic rings. The number of nitrogens with zero attached hydrogens (tertiary/aromatic N) is 3. The second kappa shape index (κ2) is 8.27. The molecule has 0 fully saturated rings. The minimum atomic E-state index is -0.383. The molecule has 1 aliphatic rings. The molecule has 6 nitrogen and oxygen atoms in total. The molecule has 0 saturated heterocycles. The number of halogens is 1. The lowest BCUT2D eigenvalue weighted by atomic mass is 10.0. The van der Waals surface area contributed by atoms with Gasteiger partial charge >= 0.3 is 0 Å². The summed E-state index contributed by atoms with van der Waals surface area (Å²) in [6.07, 6.45) is 3.83. The van der Waals surface area contributed by atoms with Crippen LogP contribution in [0.3, 0.4) is 0 Å². The van der Waals surface area contributed by atoms with Gasteiger partial charge in [0.1, 0.15) is 17.6 Å². The Morgan fingerprint density at radius 2 is 1.93 bits per heavy atom. The number of hydrogen-bond donors (Lipinski definition) is 0. The summed E-state index contributed by atoms with van der Waals surface area (Å²) in [5.41, 5.74) is 1.77. The molecule has 2 aromatic heterocycles. The van der Waals surface area contributed by atoms with Crippen molar-refractivity contribution in [3.8, 4) is 0 Å². The summed E-state index contributed by atoms with van der Waals surface area (Å²) in [5, 5.41) is 6.88. The Morgan fingerprint density at radius 3 is 2.59 bits per heavy atom. The van der Waals surface area contributed by atoms with Crippen LogP contribution < -0.4 is 0 Å². The highest BCUT2D eigenvalue weighted by atomic mass is 35.5. The monoisotopic (exact) mass is 411 g/mol. The van der Waals surface area contributed by atoms with E-state index in [0.29, 0.717) is 23.7 Å². The van der Waals surface area contributed by atoms with Crippen LogP contribution in [0.25, 0.3) is 0 Å². The molecule has 0 spiro atoms. The summed E-state index contributed by atoms with van der Waals surface area (Å²) >= 11 is 6.01. The van der Waals surface area contributed by atoms with Gasteiger partial charge in [0.05, 0.1) is 30.8 Å². The van der Waals surface area contributed by atoms with Gasteiger partial charge in [-0.15, -0.1) is 0 Å². The summed E-state index contributed by atoms with van der Waals surface area (Å²) in [4.78, 5) is 15.3. The van der Waals surface area contributed by atoms with Crippen molar-refractivity contribution in [2.45, 2.75) is 32.0 Å². The number of furan rings is 2. The number of likely N-dealkylation sites (N-methyl/N-ethyl adjacent to an activating group) is 1. The van der Waals surface area contributed by atoms with Gasteiger partial charge in [-0.2, -0.15) is 5.10 Å². The van der Waals surface area contributed by atoms with Crippen molar-refractivity contribution >= 4 is 23.2 Å². The average Bonchev–Trinajstić information content (AvgIpc) is 3.48. The second-order valence-electron chi connectivity index (χ2n) is 7.14. The Kier molecular flexibility index (Phi) is 5.56. The zero-order valence-corrected chi connectivity index (χ0v) is 17.0. The van der Waals surface area contributed by atoms with Gasteiger partial charge in [-0.05, 0) is 55.9 Å². The first-order chi connectivity index (χ1) is 14.0. The van der Waals surface area contributed by atoms with E-state index in [1.807, 2.05) is 67.4 Å². The highest BCUT2D eigenvalue weighted by Crippen LogP contribution is 2.34. The Balaban J connectivity index is 1.58. The second-order valence-corrected chi connectivity index (χ2v) is 7.58. The van der Waals surface area contributed by atoms with Crippen LogP contribution >= 0.6 is 11.6 Å². The largest absolute Gasteiger partial charge is 0.468 e. The van der Waals surface area contributed by atoms with Gasteiger partial charge in [0.15, 0.2) is 0 Å². The number of carbonyl (C=O) groups is 1. The van der Waals surface area contributed by atoms with E-state index < -0.39 is 0 Å². The van der Waals surface area contributed by atoms with Crippen LogP contribution in [0, 0.1) is 0 Å². The van der Waals surface area contributed by atoms with Gasteiger partial charge < -0.3 is 8.83 Å². The molecule has 0 radical (unpaired) electrons. The van der Waals surface area contributed by atoms with E-state index in [-0.39, 0.29) is 18.0 Å². The molecule has 3 heterocycles. The van der Waals surface area contributed by atoms with Crippen molar-refractivity contribution in [1.82, 2.24) is 9.91 Å². The molecular weight excluding hydrogens is 390 g/mol. The summed E-state index contributed by atoms with van der Waals surface area (Å²) in [7, 11) is 1.90. The fraction of sp³-hybridized carbons (Fsp3) is 0.273. The third kappa shape index (κ3) is 4.13. The Bertz CT molecular complexity index is 981. The molecule has 0 aliphatic carbocycles. The number of amides is 1. The SMILES string of the molecule is C[C@@H](C(=O)N1N=C(c2ccc(Cl)cc2)C[C@@H]1c1ccco1)N(C)Cc1ccco1. The predicted molar refractivity (Wildman–Crippen MR) is 111 cm³/mol. The fourth-order valence-corrected chi connectivity index (χ4v) is 3.52. The van der Waals surface area contributed by atoms with Crippen LogP contribution in [0.5, 0.6) is 0 Å². The average molecular weight is 412 g/mol. The van der Waals surface area contributed by atoms with Gasteiger partial charge in [0, 0.05) is 11.4 Å².